The number of hydrogen-bond donors (Lipinski definition) is 2. The SMILES string of the molecule is N#Cc1ccc(CC(O)c2ccccn2)[nH]c1=O. The van der Waals surface area contributed by atoms with Crippen LogP contribution in [0.1, 0.15) is 23.1 Å². The van der Waals surface area contributed by atoms with Crippen molar-refractivity contribution in [3.05, 3.63) is 63.8 Å². The number of aliphatic hydroxyl groups excluding tert-OH is 1. The smallest absolute Gasteiger partial charge is 0.266 e. The van der Waals surface area contributed by atoms with Crippen molar-refractivity contribution in [2.24, 2.45) is 0 Å². The van der Waals surface area contributed by atoms with Gasteiger partial charge in [0.25, 0.3) is 5.56 Å². The zero-order valence-electron chi connectivity index (χ0n) is 9.50. The fraction of sp³-hybridized carbons (Fsp3) is 0.154. The second kappa shape index (κ2) is 5.25. The second-order valence-corrected chi connectivity index (χ2v) is 3.81. The lowest BCUT2D eigenvalue weighted by Crippen LogP contribution is -2.14. The predicted molar refractivity (Wildman–Crippen MR) is 64.7 cm³/mol. The fourth-order valence-electron chi connectivity index (χ4n) is 1.61. The first kappa shape index (κ1) is 12.0. The number of pyridine rings is 2. The number of aliphatic hydroxyl groups is 1. The summed E-state index contributed by atoms with van der Waals surface area (Å²) in [7, 11) is 0. The molecule has 1 atom stereocenters. The Kier molecular flexibility index (Phi) is 3.51. The van der Waals surface area contributed by atoms with Crippen LogP contribution in [0.2, 0.25) is 0 Å². The minimum atomic E-state index is -0.783. The van der Waals surface area contributed by atoms with Crippen LogP contribution in [0, 0.1) is 11.3 Å². The van der Waals surface area contributed by atoms with E-state index in [0.717, 1.165) is 0 Å². The van der Waals surface area contributed by atoms with Gasteiger partial charge in [-0.3, -0.25) is 9.78 Å². The van der Waals surface area contributed by atoms with E-state index in [-0.39, 0.29) is 12.0 Å². The molecule has 2 rings (SSSR count). The van der Waals surface area contributed by atoms with Crippen molar-refractivity contribution in [1.82, 2.24) is 9.97 Å². The molecule has 90 valence electrons. The minimum Gasteiger partial charge on any atom is -0.386 e. The van der Waals surface area contributed by atoms with Crippen molar-refractivity contribution in [2.75, 3.05) is 0 Å². The molecule has 5 heteroatoms. The van der Waals surface area contributed by atoms with E-state index in [1.165, 1.54) is 6.07 Å². The largest absolute Gasteiger partial charge is 0.386 e. The van der Waals surface area contributed by atoms with E-state index in [1.54, 1.807) is 36.5 Å². The Balaban J connectivity index is 2.18. The number of nitriles is 1. The molecule has 0 radical (unpaired) electrons. The Hall–Kier alpha value is -2.45. The first-order valence-electron chi connectivity index (χ1n) is 5.42. The standard InChI is InChI=1S/C13H11N3O2/c14-8-9-4-5-10(16-13(9)18)7-12(17)11-3-1-2-6-15-11/h1-6,12,17H,7H2,(H,16,18). The summed E-state index contributed by atoms with van der Waals surface area (Å²) in [4.78, 5) is 18.0. The first-order valence-corrected chi connectivity index (χ1v) is 5.42. The van der Waals surface area contributed by atoms with Gasteiger partial charge in [-0.25, -0.2) is 0 Å². The molecule has 2 heterocycles. The Morgan fingerprint density at radius 3 is 2.83 bits per heavy atom. The van der Waals surface area contributed by atoms with E-state index >= 15 is 0 Å². The molecule has 18 heavy (non-hydrogen) atoms. The third kappa shape index (κ3) is 2.62. The maximum absolute atomic E-state index is 11.4. The van der Waals surface area contributed by atoms with Gasteiger partial charge in [-0.1, -0.05) is 6.07 Å². The molecule has 1 unspecified atom stereocenters. The molecule has 2 aromatic rings. The average Bonchev–Trinajstić information content (AvgIpc) is 2.40. The molecule has 2 N–H and O–H groups in total. The Morgan fingerprint density at radius 1 is 1.39 bits per heavy atom. The molecule has 0 aliphatic heterocycles. The molecule has 0 aromatic carbocycles. The highest BCUT2D eigenvalue weighted by atomic mass is 16.3. The zero-order valence-corrected chi connectivity index (χ0v) is 9.50. The quantitative estimate of drug-likeness (QED) is 0.836. The van der Waals surface area contributed by atoms with Gasteiger partial charge < -0.3 is 10.1 Å². The number of rotatable bonds is 3. The molecular formula is C13H11N3O2. The minimum absolute atomic E-state index is 0.0612. The maximum atomic E-state index is 11.4. The van der Waals surface area contributed by atoms with Gasteiger partial charge in [-0.05, 0) is 24.3 Å². The predicted octanol–water partition coefficient (Wildman–Crippen LogP) is 0.918. The molecule has 0 saturated heterocycles. The van der Waals surface area contributed by atoms with Crippen molar-refractivity contribution >= 4 is 0 Å². The van der Waals surface area contributed by atoms with Crippen LogP contribution in [-0.4, -0.2) is 15.1 Å². The van der Waals surface area contributed by atoms with Crippen LogP contribution in [0.5, 0.6) is 0 Å². The third-order valence-electron chi connectivity index (χ3n) is 2.53. The van der Waals surface area contributed by atoms with Crippen LogP contribution in [0.25, 0.3) is 0 Å². The summed E-state index contributed by atoms with van der Waals surface area (Å²) in [6, 6.07) is 10.1. The summed E-state index contributed by atoms with van der Waals surface area (Å²) in [5.41, 5.74) is 0.731. The monoisotopic (exact) mass is 241 g/mol. The normalized spacial score (nSPS) is 11.8. The lowest BCUT2D eigenvalue weighted by Gasteiger charge is -2.09. The number of nitrogens with one attached hydrogen (secondary N) is 1. The molecular weight excluding hydrogens is 230 g/mol. The zero-order chi connectivity index (χ0) is 13.0. The van der Waals surface area contributed by atoms with Crippen molar-refractivity contribution in [1.29, 1.82) is 5.26 Å². The first-order chi connectivity index (χ1) is 8.70. The van der Waals surface area contributed by atoms with Gasteiger partial charge in [-0.2, -0.15) is 5.26 Å². The molecule has 0 aliphatic rings. The van der Waals surface area contributed by atoms with Crippen molar-refractivity contribution < 1.29 is 5.11 Å². The molecule has 0 fully saturated rings. The van der Waals surface area contributed by atoms with Crippen molar-refractivity contribution in [3.8, 4) is 6.07 Å². The molecule has 0 amide bonds. The van der Waals surface area contributed by atoms with Gasteiger partial charge in [0.15, 0.2) is 0 Å². The summed E-state index contributed by atoms with van der Waals surface area (Å²) in [5, 5.41) is 18.6. The lowest BCUT2D eigenvalue weighted by molar-refractivity contribution is 0.172. The van der Waals surface area contributed by atoms with E-state index in [4.69, 9.17) is 5.26 Å². The molecule has 0 aliphatic carbocycles. The van der Waals surface area contributed by atoms with Gasteiger partial charge in [0, 0.05) is 18.3 Å². The Bertz CT molecular complexity index is 629. The van der Waals surface area contributed by atoms with Gasteiger partial charge in [-0.15, -0.1) is 0 Å². The van der Waals surface area contributed by atoms with Crippen LogP contribution in [0.3, 0.4) is 0 Å². The maximum Gasteiger partial charge on any atom is 0.266 e. The summed E-state index contributed by atoms with van der Waals surface area (Å²) in [6.07, 6.45) is 1.06. The van der Waals surface area contributed by atoms with E-state index in [1.807, 2.05) is 0 Å². The van der Waals surface area contributed by atoms with Crippen LogP contribution in [0.4, 0.5) is 0 Å². The fourth-order valence-corrected chi connectivity index (χ4v) is 1.61. The van der Waals surface area contributed by atoms with Gasteiger partial charge in [0.2, 0.25) is 0 Å². The number of aromatic amines is 1. The van der Waals surface area contributed by atoms with Crippen LogP contribution < -0.4 is 5.56 Å². The summed E-state index contributed by atoms with van der Waals surface area (Å²) in [6.45, 7) is 0. The highest BCUT2D eigenvalue weighted by Crippen LogP contribution is 2.13. The van der Waals surface area contributed by atoms with Gasteiger partial charge in [0.05, 0.1) is 5.69 Å². The summed E-state index contributed by atoms with van der Waals surface area (Å²) in [5.74, 6) is 0. The van der Waals surface area contributed by atoms with Crippen LogP contribution >= 0.6 is 0 Å². The Morgan fingerprint density at radius 2 is 2.22 bits per heavy atom. The molecule has 0 saturated carbocycles. The number of aromatic nitrogens is 2. The molecule has 2 aromatic heterocycles. The van der Waals surface area contributed by atoms with Crippen molar-refractivity contribution in [2.45, 2.75) is 12.5 Å². The second-order valence-electron chi connectivity index (χ2n) is 3.81. The average molecular weight is 241 g/mol. The molecule has 5 nitrogen and oxygen atoms in total. The van der Waals surface area contributed by atoms with E-state index in [2.05, 4.69) is 9.97 Å². The van der Waals surface area contributed by atoms with Gasteiger partial charge >= 0.3 is 0 Å². The van der Waals surface area contributed by atoms with Crippen LogP contribution in [0.15, 0.2) is 41.3 Å². The summed E-state index contributed by atoms with van der Waals surface area (Å²) < 4.78 is 0. The number of hydrogen-bond acceptors (Lipinski definition) is 4. The number of nitrogens with zero attached hydrogens (tertiary/aromatic N) is 2. The third-order valence-corrected chi connectivity index (χ3v) is 2.53. The van der Waals surface area contributed by atoms with E-state index in [0.29, 0.717) is 11.4 Å². The highest BCUT2D eigenvalue weighted by Gasteiger charge is 2.10. The van der Waals surface area contributed by atoms with Gasteiger partial charge in [0.1, 0.15) is 17.7 Å². The summed E-state index contributed by atoms with van der Waals surface area (Å²) >= 11 is 0. The molecule has 0 bridgehead atoms. The molecule has 0 spiro atoms. The number of H-pyrrole nitrogens is 1. The highest BCUT2D eigenvalue weighted by molar-refractivity contribution is 5.27. The van der Waals surface area contributed by atoms with E-state index < -0.39 is 11.7 Å². The Labute approximate surface area is 103 Å². The van der Waals surface area contributed by atoms with E-state index in [9.17, 15) is 9.90 Å². The lowest BCUT2D eigenvalue weighted by atomic mass is 10.1. The van der Waals surface area contributed by atoms with Crippen molar-refractivity contribution in [3.63, 3.8) is 0 Å². The van der Waals surface area contributed by atoms with Crippen LogP contribution in [-0.2, 0) is 6.42 Å². The topological polar surface area (TPSA) is 89.8 Å².